The van der Waals surface area contributed by atoms with E-state index in [9.17, 15) is 9.18 Å². The number of rotatable bonds is 2. The Bertz CT molecular complexity index is 416. The molecule has 1 aliphatic rings. The fourth-order valence-electron chi connectivity index (χ4n) is 2.06. The highest BCUT2D eigenvalue weighted by molar-refractivity contribution is 5.82. The van der Waals surface area contributed by atoms with E-state index in [0.29, 0.717) is 18.5 Å². The summed E-state index contributed by atoms with van der Waals surface area (Å²) in [4.78, 5) is 13.3. The van der Waals surface area contributed by atoms with Crippen LogP contribution in [-0.2, 0) is 4.79 Å². The average Bonchev–Trinajstić information content (AvgIpc) is 2.68. The van der Waals surface area contributed by atoms with E-state index < -0.39 is 0 Å². The number of carbonyl (C=O) groups excluding carboxylic acids is 1. The van der Waals surface area contributed by atoms with Crippen molar-refractivity contribution in [3.05, 3.63) is 35.1 Å². The second-order valence-electron chi connectivity index (χ2n) is 4.44. The van der Waals surface area contributed by atoms with Crippen molar-refractivity contribution in [2.24, 2.45) is 0 Å². The van der Waals surface area contributed by atoms with Crippen LogP contribution in [0.2, 0.25) is 0 Å². The number of ketones is 1. The molecule has 3 heteroatoms. The van der Waals surface area contributed by atoms with Gasteiger partial charge in [0.15, 0.2) is 0 Å². The Morgan fingerprint density at radius 1 is 1.44 bits per heavy atom. The molecular formula is C13H16FNO. The zero-order valence-electron chi connectivity index (χ0n) is 9.66. The summed E-state index contributed by atoms with van der Waals surface area (Å²) in [6.07, 6.45) is 0.624. The van der Waals surface area contributed by atoms with E-state index in [1.165, 1.54) is 0 Å². The lowest BCUT2D eigenvalue weighted by Gasteiger charge is -2.23. The molecule has 16 heavy (non-hydrogen) atoms. The Hall–Kier alpha value is -1.22. The van der Waals surface area contributed by atoms with Gasteiger partial charge in [0.2, 0.25) is 0 Å². The lowest BCUT2D eigenvalue weighted by Crippen LogP contribution is -2.24. The van der Waals surface area contributed by atoms with Crippen LogP contribution in [0.3, 0.4) is 0 Å². The van der Waals surface area contributed by atoms with Gasteiger partial charge in [-0.25, -0.2) is 4.39 Å². The number of carbonyl (C=O) groups is 1. The van der Waals surface area contributed by atoms with E-state index in [-0.39, 0.29) is 17.6 Å². The normalized spacial score (nSPS) is 19.1. The minimum absolute atomic E-state index is 0.113. The molecule has 2 nitrogen and oxygen atoms in total. The number of hydrogen-bond acceptors (Lipinski definition) is 2. The monoisotopic (exact) mass is 221 g/mol. The van der Waals surface area contributed by atoms with Crippen LogP contribution in [0, 0.1) is 12.7 Å². The number of hydrogen-bond donors (Lipinski definition) is 0. The smallest absolute Gasteiger partial charge is 0.148 e. The Balaban J connectivity index is 2.17. The molecule has 1 unspecified atom stereocenters. The third-order valence-electron chi connectivity index (χ3n) is 3.28. The molecule has 0 aliphatic carbocycles. The lowest BCUT2D eigenvalue weighted by atomic mass is 10.1. The summed E-state index contributed by atoms with van der Waals surface area (Å²) in [5.74, 6) is 0.106. The van der Waals surface area contributed by atoms with Gasteiger partial charge in [-0.1, -0.05) is 12.1 Å². The molecule has 0 amide bonds. The first-order valence-corrected chi connectivity index (χ1v) is 5.59. The van der Waals surface area contributed by atoms with E-state index in [4.69, 9.17) is 0 Å². The Morgan fingerprint density at radius 2 is 2.19 bits per heavy atom. The number of aryl methyl sites for hydroxylation is 1. The maximum atomic E-state index is 13.4. The lowest BCUT2D eigenvalue weighted by molar-refractivity contribution is -0.117. The number of likely N-dealkylation sites (tertiary alicyclic amines) is 1. The summed E-state index contributed by atoms with van der Waals surface area (Å²) in [5.41, 5.74) is 1.60. The molecule has 0 N–H and O–H groups in total. The van der Waals surface area contributed by atoms with Crippen molar-refractivity contribution in [2.75, 3.05) is 13.1 Å². The van der Waals surface area contributed by atoms with Crippen LogP contribution >= 0.6 is 0 Å². The summed E-state index contributed by atoms with van der Waals surface area (Å²) < 4.78 is 13.4. The standard InChI is InChI=1S/C13H16FNO/c1-9-3-4-11(7-13(9)14)10(2)15-6-5-12(16)8-15/h3-4,7,10H,5-6,8H2,1-2H3. The van der Waals surface area contributed by atoms with Crippen molar-refractivity contribution in [1.82, 2.24) is 4.90 Å². The van der Waals surface area contributed by atoms with Gasteiger partial charge in [-0.05, 0) is 31.0 Å². The largest absolute Gasteiger partial charge is 0.298 e. The van der Waals surface area contributed by atoms with Crippen LogP contribution in [0.4, 0.5) is 4.39 Å². The fraction of sp³-hybridized carbons (Fsp3) is 0.462. The predicted molar refractivity (Wildman–Crippen MR) is 60.7 cm³/mol. The number of halogens is 1. The van der Waals surface area contributed by atoms with Gasteiger partial charge >= 0.3 is 0 Å². The highest BCUT2D eigenvalue weighted by Gasteiger charge is 2.24. The highest BCUT2D eigenvalue weighted by Crippen LogP contribution is 2.24. The van der Waals surface area contributed by atoms with Gasteiger partial charge in [0.25, 0.3) is 0 Å². The van der Waals surface area contributed by atoms with Crippen LogP contribution in [0.25, 0.3) is 0 Å². The van der Waals surface area contributed by atoms with E-state index in [2.05, 4.69) is 4.90 Å². The molecule has 1 fully saturated rings. The molecule has 2 rings (SSSR count). The number of nitrogens with zero attached hydrogens (tertiary/aromatic N) is 1. The van der Waals surface area contributed by atoms with Crippen molar-refractivity contribution < 1.29 is 9.18 Å². The third kappa shape index (κ3) is 2.14. The minimum atomic E-state index is -0.171. The van der Waals surface area contributed by atoms with E-state index in [1.807, 2.05) is 13.0 Å². The van der Waals surface area contributed by atoms with Gasteiger partial charge in [-0.3, -0.25) is 9.69 Å². The van der Waals surface area contributed by atoms with Crippen molar-refractivity contribution in [3.63, 3.8) is 0 Å². The molecule has 0 spiro atoms. The first kappa shape index (κ1) is 11.3. The Labute approximate surface area is 95.1 Å². The molecule has 1 saturated heterocycles. The van der Waals surface area contributed by atoms with Gasteiger partial charge in [-0.15, -0.1) is 0 Å². The molecule has 0 saturated carbocycles. The maximum Gasteiger partial charge on any atom is 0.148 e. The summed E-state index contributed by atoms with van der Waals surface area (Å²) in [6, 6.07) is 5.41. The zero-order valence-corrected chi connectivity index (χ0v) is 9.66. The minimum Gasteiger partial charge on any atom is -0.298 e. The molecule has 1 aromatic carbocycles. The molecule has 1 atom stereocenters. The summed E-state index contributed by atoms with van der Waals surface area (Å²) >= 11 is 0. The number of Topliss-reactive ketones (excluding diaryl/α,β-unsaturated/α-hetero) is 1. The molecule has 1 aliphatic heterocycles. The molecule has 1 aromatic rings. The fourth-order valence-corrected chi connectivity index (χ4v) is 2.06. The Morgan fingerprint density at radius 3 is 2.75 bits per heavy atom. The first-order chi connectivity index (χ1) is 7.58. The second kappa shape index (κ2) is 4.34. The van der Waals surface area contributed by atoms with E-state index in [0.717, 1.165) is 12.1 Å². The van der Waals surface area contributed by atoms with Crippen LogP contribution in [0.15, 0.2) is 18.2 Å². The third-order valence-corrected chi connectivity index (χ3v) is 3.28. The van der Waals surface area contributed by atoms with Crippen LogP contribution in [0.5, 0.6) is 0 Å². The van der Waals surface area contributed by atoms with E-state index >= 15 is 0 Å². The Kier molecular flexibility index (Phi) is 3.06. The quantitative estimate of drug-likeness (QED) is 0.764. The molecule has 0 bridgehead atoms. The molecule has 86 valence electrons. The highest BCUT2D eigenvalue weighted by atomic mass is 19.1. The molecule has 0 aromatic heterocycles. The maximum absolute atomic E-state index is 13.4. The average molecular weight is 221 g/mol. The van der Waals surface area contributed by atoms with Crippen molar-refractivity contribution in [1.29, 1.82) is 0 Å². The first-order valence-electron chi connectivity index (χ1n) is 5.59. The van der Waals surface area contributed by atoms with Gasteiger partial charge in [0.05, 0.1) is 6.54 Å². The van der Waals surface area contributed by atoms with Crippen molar-refractivity contribution in [3.8, 4) is 0 Å². The van der Waals surface area contributed by atoms with Gasteiger partial charge in [-0.2, -0.15) is 0 Å². The van der Waals surface area contributed by atoms with Crippen LogP contribution in [0.1, 0.15) is 30.5 Å². The SMILES string of the molecule is Cc1ccc(C(C)N2CCC(=O)C2)cc1F. The summed E-state index contributed by atoms with van der Waals surface area (Å²) in [5, 5.41) is 0. The van der Waals surface area contributed by atoms with Gasteiger partial charge < -0.3 is 0 Å². The van der Waals surface area contributed by atoms with Crippen LogP contribution < -0.4 is 0 Å². The number of benzene rings is 1. The van der Waals surface area contributed by atoms with Gasteiger partial charge in [0, 0.05) is 19.0 Å². The van der Waals surface area contributed by atoms with E-state index in [1.54, 1.807) is 19.1 Å². The van der Waals surface area contributed by atoms with Crippen molar-refractivity contribution >= 4 is 5.78 Å². The molecule has 0 radical (unpaired) electrons. The second-order valence-corrected chi connectivity index (χ2v) is 4.44. The van der Waals surface area contributed by atoms with Gasteiger partial charge in [0.1, 0.15) is 11.6 Å². The van der Waals surface area contributed by atoms with Crippen molar-refractivity contribution in [2.45, 2.75) is 26.3 Å². The topological polar surface area (TPSA) is 20.3 Å². The predicted octanol–water partition coefficient (Wildman–Crippen LogP) is 2.47. The summed E-state index contributed by atoms with van der Waals surface area (Å²) in [6.45, 7) is 5.05. The molecular weight excluding hydrogens is 205 g/mol. The summed E-state index contributed by atoms with van der Waals surface area (Å²) in [7, 11) is 0. The van der Waals surface area contributed by atoms with Crippen LogP contribution in [-0.4, -0.2) is 23.8 Å². The molecule has 1 heterocycles. The zero-order chi connectivity index (χ0) is 11.7.